The molecule has 0 fully saturated rings. The number of hydrogen-bond acceptors (Lipinski definition) is 5. The summed E-state index contributed by atoms with van der Waals surface area (Å²) in [5.41, 5.74) is 2.68. The Labute approximate surface area is 190 Å². The molecule has 0 bridgehead atoms. The molecule has 0 aliphatic carbocycles. The third-order valence-electron chi connectivity index (χ3n) is 4.63. The molecule has 0 atom stereocenters. The third kappa shape index (κ3) is 3.93. The first-order valence-electron chi connectivity index (χ1n) is 9.24. The number of hydrogen-bond donors (Lipinski definition) is 1. The lowest BCUT2D eigenvalue weighted by Crippen LogP contribution is -2.13. The van der Waals surface area contributed by atoms with Crippen molar-refractivity contribution >= 4 is 51.9 Å². The van der Waals surface area contributed by atoms with E-state index >= 15 is 0 Å². The van der Waals surface area contributed by atoms with Crippen LogP contribution in [0.4, 0.5) is 5.82 Å². The van der Waals surface area contributed by atoms with Gasteiger partial charge in [-0.1, -0.05) is 35.3 Å². The molecular formula is C21H14Cl2N6OS. The van der Waals surface area contributed by atoms with Gasteiger partial charge in [-0.15, -0.1) is 11.3 Å². The number of halogens is 2. The van der Waals surface area contributed by atoms with E-state index < -0.39 is 0 Å². The van der Waals surface area contributed by atoms with Crippen molar-refractivity contribution in [3.05, 3.63) is 87.6 Å². The molecular weight excluding hydrogens is 455 g/mol. The second-order valence-corrected chi connectivity index (χ2v) is 8.46. The van der Waals surface area contributed by atoms with Crippen LogP contribution in [0, 0.1) is 0 Å². The predicted octanol–water partition coefficient (Wildman–Crippen LogP) is 5.26. The van der Waals surface area contributed by atoms with Crippen molar-refractivity contribution in [1.29, 1.82) is 0 Å². The molecule has 4 heterocycles. The van der Waals surface area contributed by atoms with E-state index in [9.17, 15) is 4.79 Å². The molecule has 0 aliphatic rings. The molecule has 0 spiro atoms. The maximum Gasteiger partial charge on any atom is 0.262 e. The molecule has 31 heavy (non-hydrogen) atoms. The highest BCUT2D eigenvalue weighted by Gasteiger charge is 2.17. The molecule has 154 valence electrons. The molecule has 1 N–H and O–H groups in total. The Morgan fingerprint density at radius 3 is 2.84 bits per heavy atom. The number of carbonyl (C=O) groups excluding carboxylic acids is 1. The van der Waals surface area contributed by atoms with Crippen molar-refractivity contribution in [1.82, 2.24) is 24.4 Å². The van der Waals surface area contributed by atoms with E-state index in [1.54, 1.807) is 51.1 Å². The lowest BCUT2D eigenvalue weighted by Gasteiger charge is -2.04. The first-order chi connectivity index (χ1) is 15.1. The molecule has 1 amide bonds. The zero-order valence-corrected chi connectivity index (χ0v) is 18.2. The van der Waals surface area contributed by atoms with Gasteiger partial charge in [-0.2, -0.15) is 10.2 Å². The number of nitrogens with one attached hydrogen (secondary N) is 1. The largest absolute Gasteiger partial charge is 0.305 e. The fourth-order valence-corrected chi connectivity index (χ4v) is 4.24. The zero-order valence-electron chi connectivity index (χ0n) is 15.9. The number of rotatable bonds is 5. The van der Waals surface area contributed by atoms with Crippen LogP contribution in [0.25, 0.3) is 16.2 Å². The number of fused-ring (bicyclic) bond motifs is 1. The molecule has 0 saturated carbocycles. The van der Waals surface area contributed by atoms with Crippen molar-refractivity contribution in [2.45, 2.75) is 6.54 Å². The highest BCUT2D eigenvalue weighted by molar-refractivity contribution is 7.13. The average Bonchev–Trinajstić information content (AvgIpc) is 3.51. The summed E-state index contributed by atoms with van der Waals surface area (Å²) >= 11 is 13.6. The molecule has 4 aromatic heterocycles. The Morgan fingerprint density at radius 1 is 1.13 bits per heavy atom. The van der Waals surface area contributed by atoms with Gasteiger partial charge in [-0.3, -0.25) is 9.48 Å². The van der Waals surface area contributed by atoms with Crippen LogP contribution in [0.2, 0.25) is 10.0 Å². The predicted molar refractivity (Wildman–Crippen MR) is 122 cm³/mol. The fourth-order valence-electron chi connectivity index (χ4n) is 3.19. The molecule has 0 unspecified atom stereocenters. The van der Waals surface area contributed by atoms with Crippen LogP contribution in [0.3, 0.4) is 0 Å². The van der Waals surface area contributed by atoms with Gasteiger partial charge in [0.05, 0.1) is 33.4 Å². The smallest absolute Gasteiger partial charge is 0.262 e. The summed E-state index contributed by atoms with van der Waals surface area (Å²) in [5, 5.41) is 14.6. The molecule has 10 heteroatoms. The number of thiophene rings is 1. The number of amides is 1. The summed E-state index contributed by atoms with van der Waals surface area (Å²) in [4.78, 5) is 18.2. The zero-order chi connectivity index (χ0) is 21.4. The minimum absolute atomic E-state index is 0.328. The molecule has 5 aromatic rings. The monoisotopic (exact) mass is 468 g/mol. The minimum Gasteiger partial charge on any atom is -0.305 e. The molecule has 1 aromatic carbocycles. The lowest BCUT2D eigenvalue weighted by molar-refractivity contribution is 0.102. The number of aromatic nitrogens is 5. The van der Waals surface area contributed by atoms with Crippen molar-refractivity contribution in [3.8, 4) is 10.6 Å². The van der Waals surface area contributed by atoms with Crippen molar-refractivity contribution in [3.63, 3.8) is 0 Å². The SMILES string of the molecule is O=C(Nc1ccn(Cc2ccc(Cl)c(Cl)c2)n1)c1cnn2c(-c3cccs3)ccnc12. The average molecular weight is 469 g/mol. The minimum atomic E-state index is -0.328. The fraction of sp³-hybridized carbons (Fsp3) is 0.0476. The van der Waals surface area contributed by atoms with E-state index in [1.165, 1.54) is 6.20 Å². The summed E-state index contributed by atoms with van der Waals surface area (Å²) in [5.74, 6) is 0.101. The summed E-state index contributed by atoms with van der Waals surface area (Å²) in [7, 11) is 0. The highest BCUT2D eigenvalue weighted by Crippen LogP contribution is 2.26. The standard InChI is InChI=1S/C21H14Cl2N6OS/c22-15-4-3-13(10-16(15)23)12-28-8-6-19(27-28)26-21(30)14-11-25-29-17(5-7-24-20(14)29)18-2-1-9-31-18/h1-11H,12H2,(H,26,27,30). The van der Waals surface area contributed by atoms with E-state index in [0.717, 1.165) is 16.1 Å². The maximum absolute atomic E-state index is 12.9. The topological polar surface area (TPSA) is 77.1 Å². The van der Waals surface area contributed by atoms with Gasteiger partial charge in [0, 0.05) is 18.5 Å². The number of anilines is 1. The Kier molecular flexibility index (Phi) is 5.19. The highest BCUT2D eigenvalue weighted by atomic mass is 35.5. The number of carbonyl (C=O) groups is 1. The van der Waals surface area contributed by atoms with Gasteiger partial charge in [-0.05, 0) is 35.2 Å². The van der Waals surface area contributed by atoms with E-state index in [4.69, 9.17) is 23.2 Å². The molecule has 7 nitrogen and oxygen atoms in total. The quantitative estimate of drug-likeness (QED) is 0.381. The van der Waals surface area contributed by atoms with Gasteiger partial charge in [0.25, 0.3) is 5.91 Å². The second kappa shape index (κ2) is 8.14. The Morgan fingerprint density at radius 2 is 2.03 bits per heavy atom. The molecule has 0 aliphatic heterocycles. The second-order valence-electron chi connectivity index (χ2n) is 6.70. The van der Waals surface area contributed by atoms with Crippen LogP contribution in [-0.4, -0.2) is 30.3 Å². The summed E-state index contributed by atoms with van der Waals surface area (Å²) in [6.07, 6.45) is 4.97. The Balaban J connectivity index is 1.36. The van der Waals surface area contributed by atoms with Crippen LogP contribution >= 0.6 is 34.5 Å². The summed E-state index contributed by atoms with van der Waals surface area (Å²) in [6.45, 7) is 0.495. The van der Waals surface area contributed by atoms with E-state index in [1.807, 2.05) is 29.6 Å². The van der Waals surface area contributed by atoms with Gasteiger partial charge >= 0.3 is 0 Å². The van der Waals surface area contributed by atoms with E-state index in [-0.39, 0.29) is 5.91 Å². The van der Waals surface area contributed by atoms with E-state index in [2.05, 4.69) is 20.5 Å². The van der Waals surface area contributed by atoms with Crippen molar-refractivity contribution in [2.75, 3.05) is 5.32 Å². The van der Waals surface area contributed by atoms with Crippen molar-refractivity contribution < 1.29 is 4.79 Å². The van der Waals surface area contributed by atoms with E-state index in [0.29, 0.717) is 33.6 Å². The van der Waals surface area contributed by atoms with Crippen LogP contribution in [-0.2, 0) is 6.54 Å². The lowest BCUT2D eigenvalue weighted by atomic mass is 10.2. The van der Waals surface area contributed by atoms with Gasteiger partial charge in [0.1, 0.15) is 5.56 Å². The van der Waals surface area contributed by atoms with Crippen LogP contribution in [0.15, 0.2) is 66.4 Å². The summed E-state index contributed by atoms with van der Waals surface area (Å²) < 4.78 is 3.38. The van der Waals surface area contributed by atoms with Crippen molar-refractivity contribution in [2.24, 2.45) is 0 Å². The third-order valence-corrected chi connectivity index (χ3v) is 6.26. The molecule has 5 rings (SSSR count). The Bertz CT molecular complexity index is 1390. The molecule has 0 radical (unpaired) electrons. The van der Waals surface area contributed by atoms with Crippen LogP contribution in [0.1, 0.15) is 15.9 Å². The molecule has 0 saturated heterocycles. The van der Waals surface area contributed by atoms with Gasteiger partial charge in [0.15, 0.2) is 11.5 Å². The Hall–Kier alpha value is -3.20. The van der Waals surface area contributed by atoms with Crippen LogP contribution in [0.5, 0.6) is 0 Å². The van der Waals surface area contributed by atoms with Gasteiger partial charge in [-0.25, -0.2) is 9.50 Å². The summed E-state index contributed by atoms with van der Waals surface area (Å²) in [6, 6.07) is 13.0. The number of benzene rings is 1. The normalized spacial score (nSPS) is 11.2. The first kappa shape index (κ1) is 19.7. The van der Waals surface area contributed by atoms with Gasteiger partial charge < -0.3 is 5.32 Å². The first-order valence-corrected chi connectivity index (χ1v) is 10.9. The number of nitrogens with zero attached hydrogens (tertiary/aromatic N) is 5. The van der Waals surface area contributed by atoms with Crippen LogP contribution < -0.4 is 5.32 Å². The van der Waals surface area contributed by atoms with Gasteiger partial charge in [0.2, 0.25) is 0 Å². The maximum atomic E-state index is 12.9.